The number of hydrogen-bond acceptors (Lipinski definition) is 3. The van der Waals surface area contributed by atoms with Gasteiger partial charge in [0, 0.05) is 6.21 Å². The summed E-state index contributed by atoms with van der Waals surface area (Å²) >= 11 is 0. The minimum atomic E-state index is 0.514. The Morgan fingerprint density at radius 1 is 1.75 bits per heavy atom. The van der Waals surface area contributed by atoms with Crippen LogP contribution in [0.2, 0.25) is 0 Å². The first-order chi connectivity index (χ1) is 3.93. The van der Waals surface area contributed by atoms with Gasteiger partial charge in [0.1, 0.15) is 12.7 Å². The molecule has 0 saturated carbocycles. The van der Waals surface area contributed by atoms with Gasteiger partial charge in [-0.1, -0.05) is 0 Å². The molecule has 4 heteroatoms. The van der Waals surface area contributed by atoms with Gasteiger partial charge in [0.2, 0.25) is 0 Å². The largest absolute Gasteiger partial charge is 0.311 e. The van der Waals surface area contributed by atoms with Gasteiger partial charge in [-0.3, -0.25) is 0 Å². The van der Waals surface area contributed by atoms with E-state index in [2.05, 4.69) is 10.1 Å². The summed E-state index contributed by atoms with van der Waals surface area (Å²) in [6.07, 6.45) is 4.29. The molecule has 1 aromatic rings. The summed E-state index contributed by atoms with van der Waals surface area (Å²) in [4.78, 5) is 3.69. The van der Waals surface area contributed by atoms with E-state index in [1.54, 1.807) is 11.0 Å². The first-order valence-electron chi connectivity index (χ1n) is 2.25. The number of rotatable bonds is 2. The third-order valence-electron chi connectivity index (χ3n) is 0.745. The van der Waals surface area contributed by atoms with E-state index in [0.29, 0.717) is 6.54 Å². The molecule has 0 fully saturated rings. The molecule has 1 aromatic heterocycles. The van der Waals surface area contributed by atoms with Gasteiger partial charge in [0.25, 0.3) is 0 Å². The monoisotopic (exact) mass is 110 g/mol. The highest BCUT2D eigenvalue weighted by Crippen LogP contribution is 1.73. The van der Waals surface area contributed by atoms with Crippen molar-refractivity contribution in [3.05, 3.63) is 12.7 Å². The third kappa shape index (κ3) is 0.900. The highest BCUT2D eigenvalue weighted by atomic mass is 15.3. The van der Waals surface area contributed by atoms with Crippen molar-refractivity contribution in [3.63, 3.8) is 0 Å². The fourth-order valence-corrected chi connectivity index (χ4v) is 0.421. The van der Waals surface area contributed by atoms with Crippen LogP contribution in [-0.2, 0) is 6.54 Å². The molecule has 0 atom stereocenters. The van der Waals surface area contributed by atoms with Gasteiger partial charge in [0.05, 0.1) is 6.54 Å². The van der Waals surface area contributed by atoms with Gasteiger partial charge in [-0.15, -0.1) is 0 Å². The first-order valence-corrected chi connectivity index (χ1v) is 2.25. The van der Waals surface area contributed by atoms with Crippen LogP contribution >= 0.6 is 0 Å². The number of aromatic nitrogens is 3. The Morgan fingerprint density at radius 3 is 3.12 bits per heavy atom. The summed E-state index contributed by atoms with van der Waals surface area (Å²) in [5.74, 6) is 0. The van der Waals surface area contributed by atoms with E-state index < -0.39 is 0 Å². The Morgan fingerprint density at radius 2 is 2.62 bits per heavy atom. The number of hydrogen-bond donors (Lipinski definition) is 1. The molecule has 0 aromatic carbocycles. The lowest BCUT2D eigenvalue weighted by molar-refractivity contribution is 0.728. The van der Waals surface area contributed by atoms with E-state index in [9.17, 15) is 0 Å². The molecule has 0 spiro atoms. The molecular weight excluding hydrogens is 104 g/mol. The Kier molecular flexibility index (Phi) is 1.37. The molecule has 0 radical (unpaired) electrons. The zero-order chi connectivity index (χ0) is 5.82. The first kappa shape index (κ1) is 4.96. The number of nitrogens with zero attached hydrogens (tertiary/aromatic N) is 3. The van der Waals surface area contributed by atoms with Crippen LogP contribution in [0.5, 0.6) is 0 Å². The molecule has 42 valence electrons. The average molecular weight is 110 g/mol. The van der Waals surface area contributed by atoms with Crippen molar-refractivity contribution in [2.24, 2.45) is 0 Å². The molecule has 1 N–H and O–H groups in total. The lowest BCUT2D eigenvalue weighted by atomic mass is 10.7. The Hall–Kier alpha value is -1.19. The minimum absolute atomic E-state index is 0.514. The lowest BCUT2D eigenvalue weighted by Gasteiger charge is -1.86. The van der Waals surface area contributed by atoms with Crippen molar-refractivity contribution in [2.75, 3.05) is 0 Å². The second-order valence-electron chi connectivity index (χ2n) is 1.32. The van der Waals surface area contributed by atoms with Crippen LogP contribution < -0.4 is 0 Å². The van der Waals surface area contributed by atoms with Crippen LogP contribution in [-0.4, -0.2) is 21.0 Å². The maximum Gasteiger partial charge on any atom is 0.137 e. The molecule has 8 heavy (non-hydrogen) atoms. The Balaban J connectivity index is 2.62. The van der Waals surface area contributed by atoms with E-state index in [1.165, 1.54) is 12.5 Å². The molecule has 0 saturated heterocycles. The summed E-state index contributed by atoms with van der Waals surface area (Å²) in [5.41, 5.74) is 0. The summed E-state index contributed by atoms with van der Waals surface area (Å²) in [5, 5.41) is 10.4. The van der Waals surface area contributed by atoms with Crippen molar-refractivity contribution >= 4 is 6.21 Å². The summed E-state index contributed by atoms with van der Waals surface area (Å²) in [6, 6.07) is 0. The van der Waals surface area contributed by atoms with Gasteiger partial charge in [0.15, 0.2) is 0 Å². The van der Waals surface area contributed by atoms with E-state index in [4.69, 9.17) is 5.41 Å². The molecule has 0 amide bonds. The van der Waals surface area contributed by atoms with Gasteiger partial charge in [-0.05, 0) is 0 Å². The second kappa shape index (κ2) is 2.20. The Labute approximate surface area is 46.7 Å². The van der Waals surface area contributed by atoms with Crippen LogP contribution in [0.1, 0.15) is 0 Å². The smallest absolute Gasteiger partial charge is 0.137 e. The normalized spacial score (nSPS) is 9.00. The fraction of sp³-hybridized carbons (Fsp3) is 0.250. The van der Waals surface area contributed by atoms with E-state index in [0.717, 1.165) is 0 Å². The quantitative estimate of drug-likeness (QED) is 0.541. The van der Waals surface area contributed by atoms with Crippen molar-refractivity contribution in [2.45, 2.75) is 6.54 Å². The predicted octanol–water partition coefficient (Wildman–Crippen LogP) is -0.0723. The van der Waals surface area contributed by atoms with Gasteiger partial charge >= 0.3 is 0 Å². The topological polar surface area (TPSA) is 54.6 Å². The molecule has 0 aliphatic heterocycles. The zero-order valence-electron chi connectivity index (χ0n) is 4.28. The van der Waals surface area contributed by atoms with Gasteiger partial charge in [-0.25, -0.2) is 9.67 Å². The zero-order valence-corrected chi connectivity index (χ0v) is 4.28. The molecule has 0 aliphatic carbocycles. The molecule has 1 rings (SSSR count). The minimum Gasteiger partial charge on any atom is -0.311 e. The summed E-state index contributed by atoms with van der Waals surface area (Å²) in [7, 11) is 0. The molecule has 0 unspecified atom stereocenters. The van der Waals surface area contributed by atoms with Crippen LogP contribution in [0.3, 0.4) is 0 Å². The van der Waals surface area contributed by atoms with Crippen LogP contribution in [0.15, 0.2) is 12.7 Å². The fourth-order valence-electron chi connectivity index (χ4n) is 0.421. The average Bonchev–Trinajstić information content (AvgIpc) is 2.19. The highest BCUT2D eigenvalue weighted by Gasteiger charge is 1.81. The Bertz CT molecular complexity index is 155. The van der Waals surface area contributed by atoms with Crippen molar-refractivity contribution in [3.8, 4) is 0 Å². The number of nitrogens with one attached hydrogen (secondary N) is 1. The second-order valence-corrected chi connectivity index (χ2v) is 1.32. The van der Waals surface area contributed by atoms with E-state index in [1.807, 2.05) is 0 Å². The lowest BCUT2D eigenvalue weighted by Crippen LogP contribution is -1.97. The maximum atomic E-state index is 6.67. The SMILES string of the molecule is N=CCn1cncn1. The van der Waals surface area contributed by atoms with Crippen molar-refractivity contribution in [1.82, 2.24) is 14.8 Å². The standard InChI is InChI=1S/C4H6N4/c5-1-2-8-4-6-3-7-8/h1,3-5H,2H2. The van der Waals surface area contributed by atoms with Crippen LogP contribution in [0.25, 0.3) is 0 Å². The molecule has 1 heterocycles. The summed E-state index contributed by atoms with van der Waals surface area (Å²) in [6.45, 7) is 0.514. The van der Waals surface area contributed by atoms with E-state index >= 15 is 0 Å². The molecule has 0 aliphatic rings. The summed E-state index contributed by atoms with van der Waals surface area (Å²) < 4.78 is 1.58. The van der Waals surface area contributed by atoms with Crippen LogP contribution in [0, 0.1) is 5.41 Å². The molecule has 4 nitrogen and oxygen atoms in total. The van der Waals surface area contributed by atoms with Crippen LogP contribution in [0.4, 0.5) is 0 Å². The third-order valence-corrected chi connectivity index (χ3v) is 0.745. The highest BCUT2D eigenvalue weighted by molar-refractivity contribution is 5.52. The van der Waals surface area contributed by atoms with Crippen molar-refractivity contribution in [1.29, 1.82) is 5.41 Å². The van der Waals surface area contributed by atoms with Gasteiger partial charge < -0.3 is 5.41 Å². The van der Waals surface area contributed by atoms with Gasteiger partial charge in [-0.2, -0.15) is 5.10 Å². The molecule has 0 bridgehead atoms. The molecular formula is C4H6N4. The van der Waals surface area contributed by atoms with Crippen molar-refractivity contribution < 1.29 is 0 Å². The maximum absolute atomic E-state index is 6.67. The van der Waals surface area contributed by atoms with E-state index in [-0.39, 0.29) is 0 Å². The predicted molar refractivity (Wildman–Crippen MR) is 28.8 cm³/mol.